The maximum atomic E-state index is 5.19. The summed E-state index contributed by atoms with van der Waals surface area (Å²) in [6, 6.07) is 2.03. The second kappa shape index (κ2) is 4.96. The molecule has 14 heavy (non-hydrogen) atoms. The first-order valence-electron chi connectivity index (χ1n) is 5.01. The molecule has 0 spiro atoms. The minimum Gasteiger partial charge on any atom is -0.457 e. The number of nitrogens with zero attached hydrogens (tertiary/aromatic N) is 1. The van der Waals surface area contributed by atoms with E-state index in [1.54, 1.807) is 6.26 Å². The Labute approximate surface area is 92.6 Å². The molecule has 4 heteroatoms. The Kier molecular flexibility index (Phi) is 3.61. The zero-order valence-corrected chi connectivity index (χ0v) is 9.72. The van der Waals surface area contributed by atoms with Gasteiger partial charge in [0, 0.05) is 38.3 Å². The molecule has 1 aromatic heterocycles. The standard InChI is InChI=1S/C10H15BrN2O/c11-10-9(2-8-14-10)1-5-13-6-3-12-4-7-13/h2,8,12H,1,3-7H2. The van der Waals surface area contributed by atoms with Gasteiger partial charge in [-0.3, -0.25) is 0 Å². The Morgan fingerprint density at radius 3 is 2.86 bits per heavy atom. The normalized spacial score (nSPS) is 18.6. The van der Waals surface area contributed by atoms with E-state index in [-0.39, 0.29) is 0 Å². The van der Waals surface area contributed by atoms with Crippen molar-refractivity contribution in [1.29, 1.82) is 0 Å². The van der Waals surface area contributed by atoms with E-state index < -0.39 is 0 Å². The number of rotatable bonds is 3. The molecule has 2 heterocycles. The van der Waals surface area contributed by atoms with Crippen molar-refractivity contribution in [2.75, 3.05) is 32.7 Å². The Hall–Kier alpha value is -0.320. The second-order valence-corrected chi connectivity index (χ2v) is 4.28. The molecule has 0 amide bonds. The summed E-state index contributed by atoms with van der Waals surface area (Å²) < 4.78 is 6.07. The highest BCUT2D eigenvalue weighted by atomic mass is 79.9. The summed E-state index contributed by atoms with van der Waals surface area (Å²) in [5.41, 5.74) is 1.27. The minimum atomic E-state index is 0.882. The molecule has 3 nitrogen and oxygen atoms in total. The third kappa shape index (κ3) is 2.59. The van der Waals surface area contributed by atoms with Crippen molar-refractivity contribution >= 4 is 15.9 Å². The molecule has 0 saturated carbocycles. The van der Waals surface area contributed by atoms with Gasteiger partial charge in [-0.1, -0.05) is 0 Å². The maximum absolute atomic E-state index is 5.19. The molecule has 2 rings (SSSR count). The number of hydrogen-bond acceptors (Lipinski definition) is 3. The molecule has 1 aliphatic rings. The summed E-state index contributed by atoms with van der Waals surface area (Å²) in [5.74, 6) is 0. The molecule has 0 unspecified atom stereocenters. The second-order valence-electron chi connectivity index (χ2n) is 3.56. The van der Waals surface area contributed by atoms with Crippen LogP contribution in [0.2, 0.25) is 0 Å². The van der Waals surface area contributed by atoms with E-state index in [9.17, 15) is 0 Å². The van der Waals surface area contributed by atoms with Gasteiger partial charge in [0.05, 0.1) is 6.26 Å². The van der Waals surface area contributed by atoms with E-state index >= 15 is 0 Å². The van der Waals surface area contributed by atoms with Gasteiger partial charge in [0.15, 0.2) is 4.67 Å². The van der Waals surface area contributed by atoms with Crippen LogP contribution in [-0.2, 0) is 6.42 Å². The molecular weight excluding hydrogens is 244 g/mol. The summed E-state index contributed by atoms with van der Waals surface area (Å²) in [7, 11) is 0. The van der Waals surface area contributed by atoms with Gasteiger partial charge in [-0.25, -0.2) is 0 Å². The Bertz CT molecular complexity index is 281. The first-order valence-corrected chi connectivity index (χ1v) is 5.80. The van der Waals surface area contributed by atoms with Crippen LogP contribution in [0.3, 0.4) is 0 Å². The fourth-order valence-electron chi connectivity index (χ4n) is 1.71. The van der Waals surface area contributed by atoms with Gasteiger partial charge in [0.2, 0.25) is 0 Å². The van der Waals surface area contributed by atoms with Crippen LogP contribution in [0.5, 0.6) is 0 Å². The highest BCUT2D eigenvalue weighted by molar-refractivity contribution is 9.10. The van der Waals surface area contributed by atoms with Crippen LogP contribution in [0.15, 0.2) is 21.4 Å². The van der Waals surface area contributed by atoms with Crippen LogP contribution in [0.1, 0.15) is 5.56 Å². The maximum Gasteiger partial charge on any atom is 0.172 e. The largest absolute Gasteiger partial charge is 0.457 e. The average molecular weight is 259 g/mol. The zero-order chi connectivity index (χ0) is 9.80. The van der Waals surface area contributed by atoms with Gasteiger partial charge in [-0.2, -0.15) is 0 Å². The van der Waals surface area contributed by atoms with E-state index in [0.29, 0.717) is 0 Å². The molecule has 0 bridgehead atoms. The van der Waals surface area contributed by atoms with Crippen LogP contribution in [0.4, 0.5) is 0 Å². The average Bonchev–Trinajstić information content (AvgIpc) is 2.63. The zero-order valence-electron chi connectivity index (χ0n) is 8.13. The van der Waals surface area contributed by atoms with Gasteiger partial charge < -0.3 is 14.6 Å². The van der Waals surface area contributed by atoms with Crippen molar-refractivity contribution in [3.63, 3.8) is 0 Å². The first-order chi connectivity index (χ1) is 6.86. The SMILES string of the molecule is Brc1occc1CCN1CCNCC1. The molecule has 0 radical (unpaired) electrons. The van der Waals surface area contributed by atoms with Crippen LogP contribution in [0.25, 0.3) is 0 Å². The van der Waals surface area contributed by atoms with Crippen molar-refractivity contribution in [2.45, 2.75) is 6.42 Å². The molecule has 1 saturated heterocycles. The Balaban J connectivity index is 1.79. The molecule has 1 fully saturated rings. The van der Waals surface area contributed by atoms with Crippen molar-refractivity contribution in [3.05, 3.63) is 22.6 Å². The van der Waals surface area contributed by atoms with Gasteiger partial charge in [0.1, 0.15) is 0 Å². The number of furan rings is 1. The smallest absolute Gasteiger partial charge is 0.172 e. The summed E-state index contributed by atoms with van der Waals surface area (Å²) in [6.07, 6.45) is 2.80. The predicted molar refractivity (Wildman–Crippen MR) is 59.4 cm³/mol. The lowest BCUT2D eigenvalue weighted by molar-refractivity contribution is 0.243. The van der Waals surface area contributed by atoms with Crippen LogP contribution >= 0.6 is 15.9 Å². The molecule has 78 valence electrons. The molecular formula is C10H15BrN2O. The van der Waals surface area contributed by atoms with Crippen molar-refractivity contribution in [2.24, 2.45) is 0 Å². The molecule has 1 aromatic rings. The third-order valence-electron chi connectivity index (χ3n) is 2.60. The monoisotopic (exact) mass is 258 g/mol. The molecule has 1 N–H and O–H groups in total. The fraction of sp³-hybridized carbons (Fsp3) is 0.600. The van der Waals surface area contributed by atoms with Crippen LogP contribution in [0, 0.1) is 0 Å². The lowest BCUT2D eigenvalue weighted by Crippen LogP contribution is -2.44. The molecule has 0 atom stereocenters. The fourth-order valence-corrected chi connectivity index (χ4v) is 2.15. The quantitative estimate of drug-likeness (QED) is 0.891. The molecule has 0 aliphatic carbocycles. The third-order valence-corrected chi connectivity index (χ3v) is 3.30. The number of halogens is 1. The number of nitrogens with one attached hydrogen (secondary N) is 1. The summed E-state index contributed by atoms with van der Waals surface area (Å²) in [5, 5.41) is 3.35. The van der Waals surface area contributed by atoms with Crippen molar-refractivity contribution in [3.8, 4) is 0 Å². The van der Waals surface area contributed by atoms with Gasteiger partial charge in [-0.05, 0) is 28.4 Å². The molecule has 0 aromatic carbocycles. The van der Waals surface area contributed by atoms with E-state index in [0.717, 1.165) is 43.8 Å². The summed E-state index contributed by atoms with van der Waals surface area (Å²) >= 11 is 3.39. The number of piperazine rings is 1. The lowest BCUT2D eigenvalue weighted by atomic mass is 10.2. The summed E-state index contributed by atoms with van der Waals surface area (Å²) in [4.78, 5) is 2.48. The topological polar surface area (TPSA) is 28.4 Å². The van der Waals surface area contributed by atoms with Gasteiger partial charge in [0.25, 0.3) is 0 Å². The van der Waals surface area contributed by atoms with Crippen LogP contribution < -0.4 is 5.32 Å². The van der Waals surface area contributed by atoms with E-state index in [2.05, 4.69) is 26.1 Å². The first kappa shape index (κ1) is 10.2. The predicted octanol–water partition coefficient (Wildman–Crippen LogP) is 1.49. The number of hydrogen-bond donors (Lipinski definition) is 1. The van der Waals surface area contributed by atoms with Crippen molar-refractivity contribution in [1.82, 2.24) is 10.2 Å². The van der Waals surface area contributed by atoms with E-state index in [1.165, 1.54) is 5.56 Å². The van der Waals surface area contributed by atoms with Gasteiger partial charge in [-0.15, -0.1) is 0 Å². The lowest BCUT2D eigenvalue weighted by Gasteiger charge is -2.26. The Morgan fingerprint density at radius 2 is 2.21 bits per heavy atom. The van der Waals surface area contributed by atoms with Crippen molar-refractivity contribution < 1.29 is 4.42 Å². The van der Waals surface area contributed by atoms with E-state index in [4.69, 9.17) is 4.42 Å². The van der Waals surface area contributed by atoms with Gasteiger partial charge >= 0.3 is 0 Å². The Morgan fingerprint density at radius 1 is 1.43 bits per heavy atom. The highest BCUT2D eigenvalue weighted by Gasteiger charge is 2.10. The molecule has 1 aliphatic heterocycles. The summed E-state index contributed by atoms with van der Waals surface area (Å²) in [6.45, 7) is 5.68. The highest BCUT2D eigenvalue weighted by Crippen LogP contribution is 2.18. The van der Waals surface area contributed by atoms with Crippen LogP contribution in [-0.4, -0.2) is 37.6 Å². The minimum absolute atomic E-state index is 0.882. The van der Waals surface area contributed by atoms with E-state index in [1.807, 2.05) is 6.07 Å².